The van der Waals surface area contributed by atoms with E-state index in [9.17, 15) is 4.79 Å². The molecule has 1 heterocycles. The Labute approximate surface area is 165 Å². The highest BCUT2D eigenvalue weighted by Gasteiger charge is 2.26. The van der Waals surface area contributed by atoms with Crippen molar-refractivity contribution in [2.24, 2.45) is 0 Å². The van der Waals surface area contributed by atoms with E-state index in [1.807, 2.05) is 36.4 Å². The molecule has 144 valence electrons. The molecule has 1 saturated heterocycles. The number of rotatable bonds is 6. The first kappa shape index (κ1) is 19.6. The molecule has 0 spiro atoms. The summed E-state index contributed by atoms with van der Waals surface area (Å²) in [5.41, 5.74) is 1.19. The summed E-state index contributed by atoms with van der Waals surface area (Å²) < 4.78 is 10.5. The van der Waals surface area contributed by atoms with Crippen LogP contribution < -0.4 is 9.47 Å². The van der Waals surface area contributed by atoms with Gasteiger partial charge in [-0.3, -0.25) is 4.79 Å². The molecule has 1 atom stereocenters. The van der Waals surface area contributed by atoms with E-state index in [0.29, 0.717) is 5.75 Å². The molecule has 4 nitrogen and oxygen atoms in total. The van der Waals surface area contributed by atoms with Gasteiger partial charge in [-0.25, -0.2) is 0 Å². The molecular formula is C22H27NO3S. The normalized spacial score (nSPS) is 17.3. The molecule has 0 radical (unpaired) electrons. The topological polar surface area (TPSA) is 38.8 Å². The van der Waals surface area contributed by atoms with Gasteiger partial charge in [-0.15, -0.1) is 11.8 Å². The Morgan fingerprint density at radius 1 is 0.963 bits per heavy atom. The van der Waals surface area contributed by atoms with E-state index in [1.54, 1.807) is 26.0 Å². The van der Waals surface area contributed by atoms with Gasteiger partial charge in [-0.2, -0.15) is 0 Å². The number of likely N-dealkylation sites (tertiary alicyclic amines) is 1. The minimum atomic E-state index is 0.155. The third kappa shape index (κ3) is 5.19. The number of benzene rings is 2. The van der Waals surface area contributed by atoms with E-state index in [-0.39, 0.29) is 11.9 Å². The lowest BCUT2D eigenvalue weighted by Gasteiger charge is -2.30. The fourth-order valence-electron chi connectivity index (χ4n) is 3.48. The third-order valence-electron chi connectivity index (χ3n) is 5.00. The van der Waals surface area contributed by atoms with Gasteiger partial charge in [-0.05, 0) is 54.8 Å². The summed E-state index contributed by atoms with van der Waals surface area (Å²) >= 11 is 1.58. The Hall–Kier alpha value is -2.14. The maximum absolute atomic E-state index is 13.0. The molecular weight excluding hydrogens is 358 g/mol. The number of hydrogen-bond acceptors (Lipinski definition) is 4. The van der Waals surface area contributed by atoms with Crippen molar-refractivity contribution in [1.82, 2.24) is 4.90 Å². The van der Waals surface area contributed by atoms with Gasteiger partial charge in [0, 0.05) is 11.4 Å². The molecule has 0 saturated carbocycles. The Balaban J connectivity index is 1.68. The SMILES string of the molecule is COc1ccc(SCC(=O)N2CCCCC[C@H]2c2ccc(OC)cc2)cc1. The zero-order chi connectivity index (χ0) is 19.1. The minimum absolute atomic E-state index is 0.155. The largest absolute Gasteiger partial charge is 0.497 e. The molecule has 0 bridgehead atoms. The maximum atomic E-state index is 13.0. The molecule has 2 aromatic carbocycles. The van der Waals surface area contributed by atoms with Crippen molar-refractivity contribution in [1.29, 1.82) is 0 Å². The summed E-state index contributed by atoms with van der Waals surface area (Å²) in [6.45, 7) is 0.832. The van der Waals surface area contributed by atoms with Crippen LogP contribution in [0.1, 0.15) is 37.3 Å². The zero-order valence-corrected chi connectivity index (χ0v) is 16.8. The molecule has 3 rings (SSSR count). The monoisotopic (exact) mass is 385 g/mol. The minimum Gasteiger partial charge on any atom is -0.497 e. The Bertz CT molecular complexity index is 730. The second kappa shape index (κ2) is 9.70. The van der Waals surface area contributed by atoms with E-state index in [1.165, 1.54) is 12.0 Å². The first-order chi connectivity index (χ1) is 13.2. The maximum Gasteiger partial charge on any atom is 0.233 e. The smallest absolute Gasteiger partial charge is 0.233 e. The average Bonchev–Trinajstić information content (AvgIpc) is 2.98. The van der Waals surface area contributed by atoms with Crippen LogP contribution in [-0.4, -0.2) is 37.3 Å². The van der Waals surface area contributed by atoms with Gasteiger partial charge in [0.2, 0.25) is 5.91 Å². The fraction of sp³-hybridized carbons (Fsp3) is 0.409. The number of carbonyl (C=O) groups excluding carboxylic acids is 1. The number of ether oxygens (including phenoxy) is 2. The van der Waals surface area contributed by atoms with Crippen LogP contribution in [0.15, 0.2) is 53.4 Å². The first-order valence-corrected chi connectivity index (χ1v) is 10.4. The van der Waals surface area contributed by atoms with E-state index in [2.05, 4.69) is 17.0 Å². The number of carbonyl (C=O) groups is 1. The summed E-state index contributed by atoms with van der Waals surface area (Å²) in [6, 6.07) is 16.2. The lowest BCUT2D eigenvalue weighted by Crippen LogP contribution is -2.36. The number of hydrogen-bond donors (Lipinski definition) is 0. The molecule has 27 heavy (non-hydrogen) atoms. The van der Waals surface area contributed by atoms with Crippen molar-refractivity contribution in [3.8, 4) is 11.5 Å². The van der Waals surface area contributed by atoms with Crippen LogP contribution in [0.25, 0.3) is 0 Å². The van der Waals surface area contributed by atoms with Crippen LogP contribution >= 0.6 is 11.8 Å². The summed E-state index contributed by atoms with van der Waals surface area (Å²) in [4.78, 5) is 16.2. The molecule has 1 aliphatic heterocycles. The highest BCUT2D eigenvalue weighted by molar-refractivity contribution is 8.00. The van der Waals surface area contributed by atoms with E-state index >= 15 is 0 Å². The van der Waals surface area contributed by atoms with Crippen LogP contribution in [0.4, 0.5) is 0 Å². The summed E-state index contributed by atoms with van der Waals surface area (Å²) in [5.74, 6) is 2.34. The van der Waals surface area contributed by atoms with Gasteiger partial charge in [0.15, 0.2) is 0 Å². The van der Waals surface area contributed by atoms with Gasteiger partial charge in [0.1, 0.15) is 11.5 Å². The Morgan fingerprint density at radius 2 is 1.59 bits per heavy atom. The first-order valence-electron chi connectivity index (χ1n) is 9.41. The second-order valence-corrected chi connectivity index (χ2v) is 7.74. The van der Waals surface area contributed by atoms with E-state index in [0.717, 1.165) is 42.2 Å². The van der Waals surface area contributed by atoms with Crippen LogP contribution in [-0.2, 0) is 4.79 Å². The van der Waals surface area contributed by atoms with Crippen LogP contribution in [0, 0.1) is 0 Å². The van der Waals surface area contributed by atoms with Crippen LogP contribution in [0.5, 0.6) is 11.5 Å². The molecule has 0 aliphatic carbocycles. The molecule has 0 N–H and O–H groups in total. The van der Waals surface area contributed by atoms with Crippen molar-refractivity contribution in [2.75, 3.05) is 26.5 Å². The van der Waals surface area contributed by atoms with Crippen LogP contribution in [0.2, 0.25) is 0 Å². The Morgan fingerprint density at radius 3 is 2.22 bits per heavy atom. The average molecular weight is 386 g/mol. The number of methoxy groups -OCH3 is 2. The third-order valence-corrected chi connectivity index (χ3v) is 5.99. The van der Waals surface area contributed by atoms with Gasteiger partial charge in [0.25, 0.3) is 0 Å². The van der Waals surface area contributed by atoms with E-state index < -0.39 is 0 Å². The highest BCUT2D eigenvalue weighted by Crippen LogP contribution is 2.32. The molecule has 0 aromatic heterocycles. The molecule has 0 unspecified atom stereocenters. The van der Waals surface area contributed by atoms with Crippen LogP contribution in [0.3, 0.4) is 0 Å². The Kier molecular flexibility index (Phi) is 7.04. The van der Waals surface area contributed by atoms with Crippen molar-refractivity contribution < 1.29 is 14.3 Å². The van der Waals surface area contributed by atoms with E-state index in [4.69, 9.17) is 9.47 Å². The van der Waals surface area contributed by atoms with Crippen molar-refractivity contribution in [2.45, 2.75) is 36.6 Å². The van der Waals surface area contributed by atoms with Gasteiger partial charge < -0.3 is 14.4 Å². The second-order valence-electron chi connectivity index (χ2n) is 6.69. The predicted molar refractivity (Wildman–Crippen MR) is 110 cm³/mol. The fourth-order valence-corrected chi connectivity index (χ4v) is 4.26. The molecule has 5 heteroatoms. The molecule has 1 aliphatic rings. The number of thioether (sulfide) groups is 1. The predicted octanol–water partition coefficient (Wildman–Crippen LogP) is 4.94. The lowest BCUT2D eigenvalue weighted by molar-refractivity contribution is -0.130. The standard InChI is InChI=1S/C22H27NO3S/c1-25-18-9-7-17(8-10-18)21-6-4-3-5-15-23(21)22(24)16-27-20-13-11-19(26-2)12-14-20/h7-14,21H,3-6,15-16H2,1-2H3/t21-/m0/s1. The van der Waals surface area contributed by atoms with Crippen molar-refractivity contribution >= 4 is 17.7 Å². The van der Waals surface area contributed by atoms with Gasteiger partial charge >= 0.3 is 0 Å². The lowest BCUT2D eigenvalue weighted by atomic mass is 10.0. The van der Waals surface area contributed by atoms with Crippen molar-refractivity contribution in [3.63, 3.8) is 0 Å². The molecule has 1 fully saturated rings. The zero-order valence-electron chi connectivity index (χ0n) is 16.0. The van der Waals surface area contributed by atoms with Gasteiger partial charge in [0.05, 0.1) is 26.0 Å². The summed E-state index contributed by atoms with van der Waals surface area (Å²) in [6.07, 6.45) is 4.44. The van der Waals surface area contributed by atoms with Gasteiger partial charge in [-0.1, -0.05) is 25.0 Å². The quantitative estimate of drug-likeness (QED) is 0.660. The highest BCUT2D eigenvalue weighted by atomic mass is 32.2. The molecule has 2 aromatic rings. The van der Waals surface area contributed by atoms with Crippen molar-refractivity contribution in [3.05, 3.63) is 54.1 Å². The summed E-state index contributed by atoms with van der Waals surface area (Å²) in [7, 11) is 3.33. The summed E-state index contributed by atoms with van der Waals surface area (Å²) in [5, 5.41) is 0. The molecule has 1 amide bonds. The number of amides is 1. The number of nitrogens with zero attached hydrogens (tertiary/aromatic N) is 1.